The molecule has 0 aromatic carbocycles. The SMILES string of the molecule is C=CCNCCNC1(C)CCOC1C. The van der Waals surface area contributed by atoms with Crippen LogP contribution in [0.15, 0.2) is 12.7 Å². The molecule has 0 aliphatic carbocycles. The van der Waals surface area contributed by atoms with Crippen LogP contribution in [0.1, 0.15) is 20.3 Å². The molecule has 0 saturated carbocycles. The lowest BCUT2D eigenvalue weighted by Gasteiger charge is -2.29. The predicted molar refractivity (Wildman–Crippen MR) is 59.5 cm³/mol. The third kappa shape index (κ3) is 3.08. The van der Waals surface area contributed by atoms with Crippen LogP contribution in [-0.4, -0.2) is 37.9 Å². The monoisotopic (exact) mass is 198 g/mol. The highest BCUT2D eigenvalue weighted by Crippen LogP contribution is 2.24. The first-order valence-corrected chi connectivity index (χ1v) is 5.37. The summed E-state index contributed by atoms with van der Waals surface area (Å²) >= 11 is 0. The summed E-state index contributed by atoms with van der Waals surface area (Å²) in [6.07, 6.45) is 3.31. The van der Waals surface area contributed by atoms with E-state index in [2.05, 4.69) is 31.1 Å². The Morgan fingerprint density at radius 2 is 2.36 bits per heavy atom. The summed E-state index contributed by atoms with van der Waals surface area (Å²) < 4.78 is 5.55. The molecule has 82 valence electrons. The van der Waals surface area contributed by atoms with Crippen molar-refractivity contribution in [2.75, 3.05) is 26.2 Å². The van der Waals surface area contributed by atoms with Crippen molar-refractivity contribution in [3.05, 3.63) is 12.7 Å². The molecule has 1 rings (SSSR count). The Kier molecular flexibility index (Phi) is 4.58. The summed E-state index contributed by atoms with van der Waals surface area (Å²) in [7, 11) is 0. The third-order valence-electron chi connectivity index (χ3n) is 3.01. The molecule has 2 N–H and O–H groups in total. The summed E-state index contributed by atoms with van der Waals surface area (Å²) in [5, 5.41) is 6.81. The largest absolute Gasteiger partial charge is 0.377 e. The first-order chi connectivity index (χ1) is 6.69. The maximum Gasteiger partial charge on any atom is 0.0726 e. The molecular formula is C11H22N2O. The van der Waals surface area contributed by atoms with Gasteiger partial charge in [-0.3, -0.25) is 0 Å². The van der Waals surface area contributed by atoms with Gasteiger partial charge in [-0.05, 0) is 20.3 Å². The van der Waals surface area contributed by atoms with Crippen molar-refractivity contribution in [1.82, 2.24) is 10.6 Å². The highest BCUT2D eigenvalue weighted by atomic mass is 16.5. The summed E-state index contributed by atoms with van der Waals surface area (Å²) in [5.41, 5.74) is 0.163. The molecule has 2 atom stereocenters. The second-order valence-electron chi connectivity index (χ2n) is 4.10. The van der Waals surface area contributed by atoms with Crippen LogP contribution in [0.5, 0.6) is 0 Å². The highest BCUT2D eigenvalue weighted by molar-refractivity contribution is 4.93. The Hall–Kier alpha value is -0.380. The van der Waals surface area contributed by atoms with Crippen LogP contribution in [0.25, 0.3) is 0 Å². The Bertz CT molecular complexity index is 184. The second-order valence-corrected chi connectivity index (χ2v) is 4.10. The first-order valence-electron chi connectivity index (χ1n) is 5.37. The average molecular weight is 198 g/mol. The molecule has 2 unspecified atom stereocenters. The van der Waals surface area contributed by atoms with Gasteiger partial charge in [0.05, 0.1) is 6.10 Å². The van der Waals surface area contributed by atoms with Crippen molar-refractivity contribution in [3.63, 3.8) is 0 Å². The Labute approximate surface area is 86.9 Å². The van der Waals surface area contributed by atoms with Crippen LogP contribution in [0.4, 0.5) is 0 Å². The van der Waals surface area contributed by atoms with Gasteiger partial charge in [0.1, 0.15) is 0 Å². The van der Waals surface area contributed by atoms with Gasteiger partial charge in [0.15, 0.2) is 0 Å². The van der Waals surface area contributed by atoms with Gasteiger partial charge < -0.3 is 15.4 Å². The van der Waals surface area contributed by atoms with Crippen LogP contribution in [0.3, 0.4) is 0 Å². The quantitative estimate of drug-likeness (QED) is 0.492. The lowest BCUT2D eigenvalue weighted by atomic mass is 9.95. The van der Waals surface area contributed by atoms with Crippen molar-refractivity contribution in [2.24, 2.45) is 0 Å². The molecule has 0 aromatic heterocycles. The van der Waals surface area contributed by atoms with E-state index in [9.17, 15) is 0 Å². The van der Waals surface area contributed by atoms with Gasteiger partial charge in [-0.15, -0.1) is 6.58 Å². The fraction of sp³-hybridized carbons (Fsp3) is 0.818. The van der Waals surface area contributed by atoms with Crippen LogP contribution in [0.2, 0.25) is 0 Å². The molecule has 0 aromatic rings. The number of ether oxygens (including phenoxy) is 1. The zero-order valence-electron chi connectivity index (χ0n) is 9.31. The van der Waals surface area contributed by atoms with E-state index in [0.29, 0.717) is 6.10 Å². The van der Waals surface area contributed by atoms with Crippen LogP contribution in [-0.2, 0) is 4.74 Å². The summed E-state index contributed by atoms with van der Waals surface area (Å²) in [5.74, 6) is 0. The molecule has 0 spiro atoms. The van der Waals surface area contributed by atoms with Gasteiger partial charge >= 0.3 is 0 Å². The van der Waals surface area contributed by atoms with Gasteiger partial charge in [0.25, 0.3) is 0 Å². The zero-order chi connectivity index (χ0) is 10.4. The van der Waals surface area contributed by atoms with Crippen molar-refractivity contribution >= 4 is 0 Å². The molecule has 0 bridgehead atoms. The fourth-order valence-electron chi connectivity index (χ4n) is 1.71. The minimum atomic E-state index is 0.163. The average Bonchev–Trinajstić information content (AvgIpc) is 2.47. The van der Waals surface area contributed by atoms with Crippen molar-refractivity contribution in [3.8, 4) is 0 Å². The van der Waals surface area contributed by atoms with E-state index in [1.807, 2.05) is 6.08 Å². The van der Waals surface area contributed by atoms with Gasteiger partial charge in [0.2, 0.25) is 0 Å². The number of rotatable bonds is 6. The summed E-state index contributed by atoms with van der Waals surface area (Å²) in [6, 6.07) is 0. The Morgan fingerprint density at radius 3 is 2.93 bits per heavy atom. The topological polar surface area (TPSA) is 33.3 Å². The number of hydrogen-bond acceptors (Lipinski definition) is 3. The fourth-order valence-corrected chi connectivity index (χ4v) is 1.71. The second kappa shape index (κ2) is 5.49. The van der Waals surface area contributed by atoms with E-state index in [1.54, 1.807) is 0 Å². The Morgan fingerprint density at radius 1 is 1.57 bits per heavy atom. The van der Waals surface area contributed by atoms with Crippen LogP contribution >= 0.6 is 0 Å². The minimum Gasteiger partial charge on any atom is -0.377 e. The maximum absolute atomic E-state index is 5.55. The molecule has 0 radical (unpaired) electrons. The lowest BCUT2D eigenvalue weighted by molar-refractivity contribution is 0.0890. The van der Waals surface area contributed by atoms with E-state index in [-0.39, 0.29) is 5.54 Å². The van der Waals surface area contributed by atoms with Crippen LogP contribution < -0.4 is 10.6 Å². The molecule has 3 heteroatoms. The van der Waals surface area contributed by atoms with E-state index < -0.39 is 0 Å². The Balaban J connectivity index is 2.13. The summed E-state index contributed by atoms with van der Waals surface area (Å²) in [4.78, 5) is 0. The minimum absolute atomic E-state index is 0.163. The van der Waals surface area contributed by atoms with E-state index in [4.69, 9.17) is 4.74 Å². The molecule has 14 heavy (non-hydrogen) atoms. The number of hydrogen-bond donors (Lipinski definition) is 2. The van der Waals surface area contributed by atoms with E-state index in [1.165, 1.54) is 0 Å². The van der Waals surface area contributed by atoms with E-state index >= 15 is 0 Å². The van der Waals surface area contributed by atoms with Crippen molar-refractivity contribution in [1.29, 1.82) is 0 Å². The van der Waals surface area contributed by atoms with Crippen molar-refractivity contribution < 1.29 is 4.74 Å². The molecule has 1 heterocycles. The standard InChI is InChI=1S/C11H22N2O/c1-4-6-12-7-8-13-11(3)5-9-14-10(11)2/h4,10,12-13H,1,5-9H2,2-3H3. The van der Waals surface area contributed by atoms with Gasteiger partial charge in [-0.2, -0.15) is 0 Å². The third-order valence-corrected chi connectivity index (χ3v) is 3.01. The van der Waals surface area contributed by atoms with Crippen LogP contribution in [0, 0.1) is 0 Å². The summed E-state index contributed by atoms with van der Waals surface area (Å²) in [6.45, 7) is 11.8. The molecule has 1 aliphatic heterocycles. The number of nitrogens with one attached hydrogen (secondary N) is 2. The molecule has 1 saturated heterocycles. The van der Waals surface area contributed by atoms with E-state index in [0.717, 1.165) is 32.7 Å². The molecular weight excluding hydrogens is 176 g/mol. The van der Waals surface area contributed by atoms with Gasteiger partial charge in [-0.25, -0.2) is 0 Å². The van der Waals surface area contributed by atoms with Gasteiger partial charge in [-0.1, -0.05) is 6.08 Å². The maximum atomic E-state index is 5.55. The van der Waals surface area contributed by atoms with Crippen molar-refractivity contribution in [2.45, 2.75) is 31.9 Å². The molecule has 3 nitrogen and oxygen atoms in total. The zero-order valence-corrected chi connectivity index (χ0v) is 9.31. The first kappa shape index (κ1) is 11.7. The molecule has 0 amide bonds. The highest BCUT2D eigenvalue weighted by Gasteiger charge is 2.35. The molecule has 1 aliphatic rings. The smallest absolute Gasteiger partial charge is 0.0726 e. The van der Waals surface area contributed by atoms with Gasteiger partial charge in [0, 0.05) is 31.8 Å². The predicted octanol–water partition coefficient (Wildman–Crippen LogP) is 0.919. The molecule has 1 fully saturated rings. The lowest BCUT2D eigenvalue weighted by Crippen LogP contribution is -2.49. The normalized spacial score (nSPS) is 32.0.